The Kier molecular flexibility index (Phi) is 3.67. The first-order valence-electron chi connectivity index (χ1n) is 5.91. The van der Waals surface area contributed by atoms with Gasteiger partial charge in [-0.15, -0.1) is 0 Å². The maximum absolute atomic E-state index is 13.3. The number of hydrogen-bond acceptors (Lipinski definition) is 3. The van der Waals surface area contributed by atoms with E-state index in [-0.39, 0.29) is 6.04 Å². The fourth-order valence-electron chi connectivity index (χ4n) is 1.86. The summed E-state index contributed by atoms with van der Waals surface area (Å²) < 4.78 is 13.3. The van der Waals surface area contributed by atoms with E-state index in [1.165, 1.54) is 12.1 Å². The Hall–Kier alpha value is -2.54. The van der Waals surface area contributed by atoms with Crippen LogP contribution < -0.4 is 11.1 Å². The van der Waals surface area contributed by atoms with Gasteiger partial charge in [0, 0.05) is 17.4 Å². The number of nitrogens with two attached hydrogens (primary N) is 1. The first kappa shape index (κ1) is 12.9. The molecule has 0 radical (unpaired) electrons. The molecule has 0 aliphatic heterocycles. The molecule has 0 amide bonds. The molecule has 0 saturated heterocycles. The summed E-state index contributed by atoms with van der Waals surface area (Å²) in [5, 5.41) is 12.0. The van der Waals surface area contributed by atoms with Gasteiger partial charge in [-0.25, -0.2) is 4.39 Å². The third kappa shape index (κ3) is 3.23. The monoisotopic (exact) mass is 255 g/mol. The molecule has 2 aromatic carbocycles. The standard InChI is InChI=1S/C15H14FN3/c1-10(12-2-4-14(18)5-3-12)19-15-7-11(9-17)6-13(16)8-15/h2-8,10,19H,18H2,1H3. The van der Waals surface area contributed by atoms with Crippen molar-refractivity contribution in [3.05, 3.63) is 59.4 Å². The van der Waals surface area contributed by atoms with Gasteiger partial charge in [-0.2, -0.15) is 5.26 Å². The first-order valence-corrected chi connectivity index (χ1v) is 5.91. The van der Waals surface area contributed by atoms with E-state index in [0.717, 1.165) is 5.56 Å². The van der Waals surface area contributed by atoms with Crippen molar-refractivity contribution in [2.24, 2.45) is 0 Å². The number of rotatable bonds is 3. The van der Waals surface area contributed by atoms with Crippen LogP contribution in [0.25, 0.3) is 0 Å². The van der Waals surface area contributed by atoms with Crippen molar-refractivity contribution in [3.63, 3.8) is 0 Å². The van der Waals surface area contributed by atoms with Crippen molar-refractivity contribution < 1.29 is 4.39 Å². The number of nitrogens with one attached hydrogen (secondary N) is 1. The Morgan fingerprint density at radius 2 is 1.89 bits per heavy atom. The van der Waals surface area contributed by atoms with Gasteiger partial charge in [0.25, 0.3) is 0 Å². The van der Waals surface area contributed by atoms with Crippen molar-refractivity contribution in [2.75, 3.05) is 11.1 Å². The molecular weight excluding hydrogens is 241 g/mol. The summed E-state index contributed by atoms with van der Waals surface area (Å²) in [7, 11) is 0. The van der Waals surface area contributed by atoms with Crippen LogP contribution in [0.15, 0.2) is 42.5 Å². The molecule has 2 aromatic rings. The molecule has 2 rings (SSSR count). The Balaban J connectivity index is 2.19. The van der Waals surface area contributed by atoms with Gasteiger partial charge in [-0.1, -0.05) is 12.1 Å². The van der Waals surface area contributed by atoms with Crippen molar-refractivity contribution in [3.8, 4) is 6.07 Å². The molecular formula is C15H14FN3. The summed E-state index contributed by atoms with van der Waals surface area (Å²) in [6, 6.07) is 13.6. The summed E-state index contributed by atoms with van der Waals surface area (Å²) in [6.45, 7) is 1.96. The highest BCUT2D eigenvalue weighted by Gasteiger charge is 2.07. The lowest BCUT2D eigenvalue weighted by Gasteiger charge is -2.16. The van der Waals surface area contributed by atoms with E-state index >= 15 is 0 Å². The minimum atomic E-state index is -0.425. The van der Waals surface area contributed by atoms with Crippen molar-refractivity contribution in [2.45, 2.75) is 13.0 Å². The molecule has 0 spiro atoms. The molecule has 1 atom stereocenters. The highest BCUT2D eigenvalue weighted by Crippen LogP contribution is 2.21. The lowest BCUT2D eigenvalue weighted by molar-refractivity contribution is 0.627. The maximum atomic E-state index is 13.3. The largest absolute Gasteiger partial charge is 0.399 e. The van der Waals surface area contributed by atoms with Crippen LogP contribution in [-0.4, -0.2) is 0 Å². The molecule has 0 saturated carbocycles. The highest BCUT2D eigenvalue weighted by molar-refractivity contribution is 5.51. The van der Waals surface area contributed by atoms with Crippen LogP contribution in [0, 0.1) is 17.1 Å². The Bertz CT molecular complexity index is 614. The Morgan fingerprint density at radius 1 is 1.21 bits per heavy atom. The average molecular weight is 255 g/mol. The molecule has 3 nitrogen and oxygen atoms in total. The van der Waals surface area contributed by atoms with Crippen LogP contribution in [0.5, 0.6) is 0 Å². The second-order valence-electron chi connectivity index (χ2n) is 4.37. The zero-order valence-electron chi connectivity index (χ0n) is 10.5. The Morgan fingerprint density at radius 3 is 2.53 bits per heavy atom. The number of benzene rings is 2. The van der Waals surface area contributed by atoms with Gasteiger partial charge in [0.05, 0.1) is 11.6 Å². The second-order valence-corrected chi connectivity index (χ2v) is 4.37. The predicted octanol–water partition coefficient (Wildman–Crippen LogP) is 3.45. The highest BCUT2D eigenvalue weighted by atomic mass is 19.1. The third-order valence-corrected chi connectivity index (χ3v) is 2.85. The topological polar surface area (TPSA) is 61.8 Å². The van der Waals surface area contributed by atoms with E-state index < -0.39 is 5.82 Å². The van der Waals surface area contributed by atoms with Crippen LogP contribution in [-0.2, 0) is 0 Å². The maximum Gasteiger partial charge on any atom is 0.126 e. The van der Waals surface area contributed by atoms with Crippen LogP contribution in [0.3, 0.4) is 0 Å². The number of anilines is 2. The van der Waals surface area contributed by atoms with Gasteiger partial charge in [0.15, 0.2) is 0 Å². The zero-order chi connectivity index (χ0) is 13.8. The molecule has 0 aliphatic carbocycles. The number of nitriles is 1. The molecule has 19 heavy (non-hydrogen) atoms. The minimum Gasteiger partial charge on any atom is -0.399 e. The fraction of sp³-hybridized carbons (Fsp3) is 0.133. The van der Waals surface area contributed by atoms with E-state index in [1.54, 1.807) is 6.07 Å². The van der Waals surface area contributed by atoms with E-state index in [0.29, 0.717) is 16.9 Å². The molecule has 3 N–H and O–H groups in total. The summed E-state index contributed by atoms with van der Waals surface area (Å²) in [5.41, 5.74) is 8.25. The zero-order valence-corrected chi connectivity index (χ0v) is 10.5. The second kappa shape index (κ2) is 5.40. The number of nitrogen functional groups attached to an aromatic ring is 1. The molecule has 0 fully saturated rings. The Labute approximate surface area is 111 Å². The van der Waals surface area contributed by atoms with Gasteiger partial charge < -0.3 is 11.1 Å². The molecule has 0 aliphatic rings. The number of nitrogens with zero attached hydrogens (tertiary/aromatic N) is 1. The van der Waals surface area contributed by atoms with Gasteiger partial charge in [-0.3, -0.25) is 0 Å². The number of hydrogen-bond donors (Lipinski definition) is 2. The van der Waals surface area contributed by atoms with Crippen molar-refractivity contribution in [1.82, 2.24) is 0 Å². The molecule has 96 valence electrons. The van der Waals surface area contributed by atoms with Crippen LogP contribution in [0.1, 0.15) is 24.1 Å². The average Bonchev–Trinajstić information content (AvgIpc) is 2.38. The smallest absolute Gasteiger partial charge is 0.126 e. The normalized spacial score (nSPS) is 11.6. The summed E-state index contributed by atoms with van der Waals surface area (Å²) in [4.78, 5) is 0. The van der Waals surface area contributed by atoms with E-state index in [4.69, 9.17) is 11.0 Å². The van der Waals surface area contributed by atoms with Crippen LogP contribution in [0.2, 0.25) is 0 Å². The summed E-state index contributed by atoms with van der Waals surface area (Å²) in [5.74, 6) is -0.425. The van der Waals surface area contributed by atoms with Gasteiger partial charge in [0.2, 0.25) is 0 Å². The van der Waals surface area contributed by atoms with Crippen molar-refractivity contribution >= 4 is 11.4 Å². The van der Waals surface area contributed by atoms with Crippen molar-refractivity contribution in [1.29, 1.82) is 5.26 Å². The molecule has 0 bridgehead atoms. The van der Waals surface area contributed by atoms with E-state index in [2.05, 4.69) is 5.32 Å². The van der Waals surface area contributed by atoms with Gasteiger partial charge in [0.1, 0.15) is 5.82 Å². The lowest BCUT2D eigenvalue weighted by atomic mass is 10.1. The minimum absolute atomic E-state index is 0.00561. The van der Waals surface area contributed by atoms with Crippen LogP contribution >= 0.6 is 0 Å². The van der Waals surface area contributed by atoms with E-state index in [1.807, 2.05) is 37.3 Å². The van der Waals surface area contributed by atoms with E-state index in [9.17, 15) is 4.39 Å². The molecule has 0 heterocycles. The third-order valence-electron chi connectivity index (χ3n) is 2.85. The molecule has 0 aromatic heterocycles. The quantitative estimate of drug-likeness (QED) is 0.826. The lowest BCUT2D eigenvalue weighted by Crippen LogP contribution is -2.07. The predicted molar refractivity (Wildman–Crippen MR) is 74.0 cm³/mol. The fourth-order valence-corrected chi connectivity index (χ4v) is 1.86. The summed E-state index contributed by atoms with van der Waals surface area (Å²) >= 11 is 0. The SMILES string of the molecule is CC(Nc1cc(F)cc(C#N)c1)c1ccc(N)cc1. The molecule has 1 unspecified atom stereocenters. The van der Waals surface area contributed by atoms with Gasteiger partial charge >= 0.3 is 0 Å². The molecule has 4 heteroatoms. The summed E-state index contributed by atoms with van der Waals surface area (Å²) in [6.07, 6.45) is 0. The van der Waals surface area contributed by atoms with Gasteiger partial charge in [-0.05, 0) is 42.8 Å². The number of halogens is 1. The van der Waals surface area contributed by atoms with Crippen LogP contribution in [0.4, 0.5) is 15.8 Å². The first-order chi connectivity index (χ1) is 9.08.